The van der Waals surface area contributed by atoms with E-state index >= 15 is 0 Å². The van der Waals surface area contributed by atoms with Gasteiger partial charge in [-0.15, -0.1) is 0 Å². The summed E-state index contributed by atoms with van der Waals surface area (Å²) in [5, 5.41) is 71.4. The molecule has 3 rings (SSSR count). The number of aliphatic hydroxyl groups excluding tert-OH is 7. The highest BCUT2D eigenvalue weighted by atomic mass is 16.7. The van der Waals surface area contributed by atoms with E-state index in [-0.39, 0.29) is 23.9 Å². The molecule has 264 valence electrons. The number of rotatable bonds is 18. The van der Waals surface area contributed by atoms with Crippen molar-refractivity contribution in [2.75, 3.05) is 26.9 Å². The van der Waals surface area contributed by atoms with E-state index in [4.69, 9.17) is 28.4 Å². The molecule has 0 spiro atoms. The molecule has 46 heavy (non-hydrogen) atoms. The molecule has 0 aromatic heterocycles. The van der Waals surface area contributed by atoms with Crippen molar-refractivity contribution in [2.24, 2.45) is 5.92 Å². The molecule has 0 amide bonds. The smallest absolute Gasteiger partial charge is 0.306 e. The van der Waals surface area contributed by atoms with E-state index in [2.05, 4.69) is 13.8 Å². The van der Waals surface area contributed by atoms with Gasteiger partial charge in [0.25, 0.3) is 0 Å². The molecule has 1 aromatic carbocycles. The highest BCUT2D eigenvalue weighted by molar-refractivity contribution is 5.69. The Kier molecular flexibility index (Phi) is 15.9. The first kappa shape index (κ1) is 38.3. The average molecular weight is 661 g/mol. The van der Waals surface area contributed by atoms with Gasteiger partial charge in [0.05, 0.1) is 26.9 Å². The number of methoxy groups -OCH3 is 1. The number of esters is 1. The fraction of sp³-hybridized carbons (Fsp3) is 0.781. The molecule has 0 aliphatic carbocycles. The second kappa shape index (κ2) is 19.0. The molecule has 0 radical (unpaired) electrons. The molecule has 0 bridgehead atoms. The minimum atomic E-state index is -1.77. The molecule has 2 heterocycles. The number of aliphatic hydroxyl groups is 7. The molecule has 14 heteroatoms. The van der Waals surface area contributed by atoms with Gasteiger partial charge in [0.2, 0.25) is 6.29 Å². The zero-order valence-corrected chi connectivity index (χ0v) is 26.8. The van der Waals surface area contributed by atoms with Gasteiger partial charge in [-0.1, -0.05) is 52.0 Å². The van der Waals surface area contributed by atoms with Crippen molar-refractivity contribution in [3.05, 3.63) is 23.8 Å². The first-order valence-corrected chi connectivity index (χ1v) is 16.1. The van der Waals surface area contributed by atoms with E-state index in [1.807, 2.05) is 0 Å². The Hall–Kier alpha value is -2.11. The Labute approximate surface area is 269 Å². The molecule has 10 atom stereocenters. The monoisotopic (exact) mass is 660 g/mol. The first-order chi connectivity index (χ1) is 22.0. The van der Waals surface area contributed by atoms with Crippen LogP contribution in [0.15, 0.2) is 18.2 Å². The number of carbonyl (C=O) groups is 1. The van der Waals surface area contributed by atoms with Crippen LogP contribution in [0, 0.1) is 5.92 Å². The summed E-state index contributed by atoms with van der Waals surface area (Å²) in [7, 11) is 1.41. The Morgan fingerprint density at radius 2 is 1.46 bits per heavy atom. The zero-order chi connectivity index (χ0) is 33.8. The van der Waals surface area contributed by atoms with Gasteiger partial charge in [0, 0.05) is 6.42 Å². The van der Waals surface area contributed by atoms with Crippen molar-refractivity contribution in [3.8, 4) is 11.5 Å². The third kappa shape index (κ3) is 10.7. The molecule has 2 saturated heterocycles. The highest BCUT2D eigenvalue weighted by Crippen LogP contribution is 2.34. The maximum absolute atomic E-state index is 12.2. The summed E-state index contributed by atoms with van der Waals surface area (Å²) < 4.78 is 33.2. The molecule has 2 aliphatic heterocycles. The fourth-order valence-electron chi connectivity index (χ4n) is 5.43. The van der Waals surface area contributed by atoms with Gasteiger partial charge in [-0.05, 0) is 36.5 Å². The molecule has 2 aliphatic rings. The minimum absolute atomic E-state index is 0.156. The van der Waals surface area contributed by atoms with Gasteiger partial charge >= 0.3 is 5.97 Å². The Morgan fingerprint density at radius 3 is 2.13 bits per heavy atom. The van der Waals surface area contributed by atoms with Gasteiger partial charge in [0.15, 0.2) is 17.8 Å². The second-order valence-electron chi connectivity index (χ2n) is 12.3. The van der Waals surface area contributed by atoms with Crippen LogP contribution in [0.2, 0.25) is 0 Å². The maximum atomic E-state index is 12.2. The quantitative estimate of drug-likeness (QED) is 0.0826. The van der Waals surface area contributed by atoms with Crippen LogP contribution < -0.4 is 9.47 Å². The molecular weight excluding hydrogens is 608 g/mol. The van der Waals surface area contributed by atoms with E-state index in [1.165, 1.54) is 26.4 Å². The predicted octanol–water partition coefficient (Wildman–Crippen LogP) is 0.171. The van der Waals surface area contributed by atoms with Crippen LogP contribution in [-0.2, 0) is 30.2 Å². The number of ether oxygens (including phenoxy) is 6. The van der Waals surface area contributed by atoms with Crippen LogP contribution in [0.25, 0.3) is 0 Å². The number of benzene rings is 1. The SMILES string of the molecule is COc1cc(CCC(=O)OCCCCCCCC(C)C)ccc1OC1OC(CO)C(OC2OC(CO)C(O)C(O)C2O)C(O)C1O. The van der Waals surface area contributed by atoms with Crippen LogP contribution in [0.5, 0.6) is 11.5 Å². The molecule has 14 nitrogen and oxygen atoms in total. The summed E-state index contributed by atoms with van der Waals surface area (Å²) in [6, 6.07) is 4.94. The lowest BCUT2D eigenvalue weighted by molar-refractivity contribution is -0.352. The predicted molar refractivity (Wildman–Crippen MR) is 162 cm³/mol. The lowest BCUT2D eigenvalue weighted by Gasteiger charge is -2.45. The number of unbranched alkanes of at least 4 members (excludes halogenated alkanes) is 4. The van der Waals surface area contributed by atoms with Gasteiger partial charge in [-0.25, -0.2) is 0 Å². The Bertz CT molecular complexity index is 1040. The van der Waals surface area contributed by atoms with Crippen LogP contribution in [-0.4, -0.2) is 130 Å². The second-order valence-corrected chi connectivity index (χ2v) is 12.3. The van der Waals surface area contributed by atoms with Crippen molar-refractivity contribution >= 4 is 5.97 Å². The van der Waals surface area contributed by atoms with Crippen molar-refractivity contribution in [1.82, 2.24) is 0 Å². The molecule has 1 aromatic rings. The van der Waals surface area contributed by atoms with Crippen molar-refractivity contribution in [3.63, 3.8) is 0 Å². The number of carbonyl (C=O) groups excluding carboxylic acids is 1. The topological polar surface area (TPSA) is 214 Å². The minimum Gasteiger partial charge on any atom is -0.493 e. The highest BCUT2D eigenvalue weighted by Gasteiger charge is 2.51. The number of hydrogen-bond acceptors (Lipinski definition) is 14. The Balaban J connectivity index is 1.51. The third-order valence-corrected chi connectivity index (χ3v) is 8.24. The van der Waals surface area contributed by atoms with Crippen molar-refractivity contribution in [2.45, 2.75) is 127 Å². The van der Waals surface area contributed by atoms with Gasteiger partial charge in [-0.3, -0.25) is 4.79 Å². The summed E-state index contributed by atoms with van der Waals surface area (Å²) in [6.07, 6.45) is -8.41. The van der Waals surface area contributed by atoms with Crippen molar-refractivity contribution in [1.29, 1.82) is 0 Å². The number of aryl methyl sites for hydroxylation is 1. The third-order valence-electron chi connectivity index (χ3n) is 8.24. The summed E-state index contributed by atoms with van der Waals surface area (Å²) in [6.45, 7) is 3.46. The van der Waals surface area contributed by atoms with E-state index in [0.717, 1.165) is 30.7 Å². The van der Waals surface area contributed by atoms with E-state index in [0.29, 0.717) is 13.0 Å². The van der Waals surface area contributed by atoms with Gasteiger partial charge in [-0.2, -0.15) is 0 Å². The van der Waals surface area contributed by atoms with Crippen molar-refractivity contribution < 1.29 is 69.0 Å². The van der Waals surface area contributed by atoms with E-state index in [1.54, 1.807) is 18.2 Å². The first-order valence-electron chi connectivity index (χ1n) is 16.1. The zero-order valence-electron chi connectivity index (χ0n) is 26.8. The lowest BCUT2D eigenvalue weighted by atomic mass is 9.97. The van der Waals surface area contributed by atoms with E-state index in [9.17, 15) is 40.5 Å². The normalized spacial score (nSPS) is 31.5. The number of hydrogen-bond donors (Lipinski definition) is 7. The average Bonchev–Trinajstić information content (AvgIpc) is 3.04. The van der Waals surface area contributed by atoms with Crippen LogP contribution in [0.1, 0.15) is 64.4 Å². The summed E-state index contributed by atoms with van der Waals surface area (Å²) in [5.74, 6) is 0.865. The van der Waals surface area contributed by atoms with Crippen LogP contribution >= 0.6 is 0 Å². The summed E-state index contributed by atoms with van der Waals surface area (Å²) >= 11 is 0. The molecule has 10 unspecified atom stereocenters. The van der Waals surface area contributed by atoms with Crippen LogP contribution in [0.3, 0.4) is 0 Å². The largest absolute Gasteiger partial charge is 0.493 e. The molecular formula is C32H52O14. The molecule has 2 fully saturated rings. The fourth-order valence-corrected chi connectivity index (χ4v) is 5.43. The lowest BCUT2D eigenvalue weighted by Crippen LogP contribution is -2.65. The van der Waals surface area contributed by atoms with Gasteiger partial charge in [0.1, 0.15) is 48.8 Å². The Morgan fingerprint density at radius 1 is 0.804 bits per heavy atom. The van der Waals surface area contributed by atoms with Gasteiger partial charge < -0.3 is 64.2 Å². The summed E-state index contributed by atoms with van der Waals surface area (Å²) in [4.78, 5) is 12.2. The molecule has 0 saturated carbocycles. The molecule has 7 N–H and O–H groups in total. The van der Waals surface area contributed by atoms with Crippen LogP contribution in [0.4, 0.5) is 0 Å². The standard InChI is InChI=1S/C32H52O14/c1-18(2)9-7-5-4-6-8-14-42-24(35)13-11-19-10-12-20(21(15-19)41-3)43-31-29(40)27(38)30(23(17-34)45-31)46-32-28(39)26(37)25(36)22(16-33)44-32/h10,12,15,18,22-23,25-34,36-40H,4-9,11,13-14,16-17H2,1-3H3. The van der Waals surface area contributed by atoms with E-state index < -0.39 is 74.6 Å². The maximum Gasteiger partial charge on any atom is 0.306 e. The summed E-state index contributed by atoms with van der Waals surface area (Å²) in [5.41, 5.74) is 0.776.